The van der Waals surface area contributed by atoms with Gasteiger partial charge >= 0.3 is 0 Å². The van der Waals surface area contributed by atoms with Crippen molar-refractivity contribution in [1.29, 1.82) is 0 Å². The zero-order valence-corrected chi connectivity index (χ0v) is 18.3. The Morgan fingerprint density at radius 3 is 2.17 bits per heavy atom. The van der Waals surface area contributed by atoms with Crippen LogP contribution in [-0.4, -0.2) is 49.3 Å². The van der Waals surface area contributed by atoms with Gasteiger partial charge in [0.2, 0.25) is 0 Å². The molecule has 3 rings (SSSR count). The first kappa shape index (κ1) is 22.1. The zero-order chi connectivity index (χ0) is 21.6. The van der Waals surface area contributed by atoms with Gasteiger partial charge in [-0.1, -0.05) is 20.8 Å². The van der Waals surface area contributed by atoms with E-state index < -0.39 is 11.6 Å². The van der Waals surface area contributed by atoms with Gasteiger partial charge in [0.15, 0.2) is 0 Å². The number of anilines is 1. The normalized spacial score (nSPS) is 16.3. The maximum absolute atomic E-state index is 11.6. The van der Waals surface area contributed by atoms with E-state index in [4.69, 9.17) is 4.74 Å². The molecule has 1 aromatic carbocycles. The van der Waals surface area contributed by atoms with E-state index in [2.05, 4.69) is 41.1 Å². The molecule has 0 bridgehead atoms. The highest BCUT2D eigenvalue weighted by Gasteiger charge is 2.35. The Labute approximate surface area is 179 Å². The number of rotatable bonds is 9. The van der Waals surface area contributed by atoms with Crippen LogP contribution in [0, 0.1) is 0 Å². The van der Waals surface area contributed by atoms with E-state index in [1.807, 2.05) is 38.4 Å². The van der Waals surface area contributed by atoms with Crippen molar-refractivity contribution in [2.45, 2.75) is 45.6 Å². The second kappa shape index (κ2) is 9.47. The van der Waals surface area contributed by atoms with Gasteiger partial charge in [-0.05, 0) is 43.5 Å². The molecule has 1 saturated heterocycles. The molecule has 1 aromatic heterocycles. The van der Waals surface area contributed by atoms with Crippen molar-refractivity contribution in [2.75, 3.05) is 37.6 Å². The number of hydrogen-bond donors (Lipinski definition) is 0. The van der Waals surface area contributed by atoms with E-state index in [9.17, 15) is 9.90 Å². The van der Waals surface area contributed by atoms with Crippen LogP contribution in [0.2, 0.25) is 0 Å². The fraction of sp³-hybridized carbons (Fsp3) is 0.500. The van der Waals surface area contributed by atoms with E-state index in [0.29, 0.717) is 18.6 Å². The lowest BCUT2D eigenvalue weighted by Crippen LogP contribution is -2.61. The van der Waals surface area contributed by atoms with E-state index in [1.54, 1.807) is 0 Å². The largest absolute Gasteiger partial charge is 0.546 e. The Hall–Kier alpha value is -2.60. The number of carbonyl (C=O) groups excluding carboxylic acids is 1. The molecule has 6 heteroatoms. The van der Waals surface area contributed by atoms with E-state index in [1.165, 1.54) is 11.4 Å². The average Bonchev–Trinajstić information content (AvgIpc) is 2.79. The lowest BCUT2D eigenvalue weighted by molar-refractivity contribution is -0.323. The summed E-state index contributed by atoms with van der Waals surface area (Å²) < 4.78 is 6.82. The van der Waals surface area contributed by atoms with Gasteiger partial charge < -0.3 is 19.5 Å². The van der Waals surface area contributed by atoms with Crippen molar-refractivity contribution in [3.05, 3.63) is 48.8 Å². The van der Waals surface area contributed by atoms with Crippen molar-refractivity contribution in [2.24, 2.45) is 0 Å². The van der Waals surface area contributed by atoms with Crippen LogP contribution in [0.15, 0.2) is 48.8 Å². The van der Waals surface area contributed by atoms with Crippen LogP contribution in [-0.2, 0) is 4.79 Å². The number of aliphatic carboxylic acids is 1. The first-order valence-electron chi connectivity index (χ1n) is 11.0. The summed E-state index contributed by atoms with van der Waals surface area (Å²) >= 11 is 0. The molecule has 1 fully saturated rings. The number of aromatic nitrogens is 1. The Morgan fingerprint density at radius 2 is 1.67 bits per heavy atom. The lowest BCUT2D eigenvalue weighted by atomic mass is 9.97. The minimum atomic E-state index is -1.27. The van der Waals surface area contributed by atoms with Crippen LogP contribution in [0.1, 0.15) is 40.0 Å². The van der Waals surface area contributed by atoms with Gasteiger partial charge in [0, 0.05) is 30.2 Å². The number of carboxylic acids is 1. The van der Waals surface area contributed by atoms with E-state index in [0.717, 1.165) is 43.6 Å². The zero-order valence-electron chi connectivity index (χ0n) is 18.3. The predicted molar refractivity (Wildman–Crippen MR) is 119 cm³/mol. The molecule has 0 spiro atoms. The number of carbonyl (C=O) groups is 1. The fourth-order valence-electron chi connectivity index (χ4n) is 4.48. The first-order valence-corrected chi connectivity index (χ1v) is 11.0. The number of carboxylic acid groups (broad SMARTS) is 1. The van der Waals surface area contributed by atoms with Crippen LogP contribution in [0.25, 0.3) is 0 Å². The standard InChI is InChI=1S/C24H33N3O3/c1-4-17-27(18-15-26(16-19-27)20-11-13-25-14-12-20)21-7-9-22(10-8-21)30-24(5-2,6-3)23(28)29/h7-14H,4-6,15-19H2,1-3H3. The molecule has 1 aliphatic rings. The SMILES string of the molecule is CCC[N+]1(c2ccc(OC(CC)(CC)C(=O)[O-])cc2)CCN(c2ccncc2)CC1. The van der Waals surface area contributed by atoms with Gasteiger partial charge in [-0.2, -0.15) is 0 Å². The molecule has 0 aliphatic carbocycles. The molecule has 0 saturated carbocycles. The molecule has 30 heavy (non-hydrogen) atoms. The molecule has 0 unspecified atom stereocenters. The van der Waals surface area contributed by atoms with Crippen LogP contribution in [0.5, 0.6) is 5.75 Å². The third kappa shape index (κ3) is 4.43. The highest BCUT2D eigenvalue weighted by Crippen LogP contribution is 2.31. The molecular weight excluding hydrogens is 378 g/mol. The Bertz CT molecular complexity index is 811. The highest BCUT2D eigenvalue weighted by molar-refractivity contribution is 5.75. The Morgan fingerprint density at radius 1 is 1.07 bits per heavy atom. The number of ether oxygens (including phenoxy) is 1. The van der Waals surface area contributed by atoms with Gasteiger partial charge in [0.25, 0.3) is 0 Å². The maximum atomic E-state index is 11.6. The van der Waals surface area contributed by atoms with Crippen molar-refractivity contribution < 1.29 is 14.6 Å². The number of piperazine rings is 1. The second-order valence-electron chi connectivity index (χ2n) is 8.09. The summed E-state index contributed by atoms with van der Waals surface area (Å²) in [6.45, 7) is 11.0. The molecule has 162 valence electrons. The minimum absolute atomic E-state index is 0.369. The Kier molecular flexibility index (Phi) is 6.98. The topological polar surface area (TPSA) is 65.5 Å². The molecule has 0 atom stereocenters. The average molecular weight is 412 g/mol. The second-order valence-corrected chi connectivity index (χ2v) is 8.09. The first-order chi connectivity index (χ1) is 14.5. The lowest BCUT2D eigenvalue weighted by Gasteiger charge is -2.45. The van der Waals surface area contributed by atoms with Crippen molar-refractivity contribution in [3.8, 4) is 5.75 Å². The number of hydrogen-bond acceptors (Lipinski definition) is 5. The summed E-state index contributed by atoms with van der Waals surface area (Å²) in [5.41, 5.74) is 1.21. The summed E-state index contributed by atoms with van der Waals surface area (Å²) in [4.78, 5) is 18.2. The van der Waals surface area contributed by atoms with Gasteiger partial charge in [0.05, 0.1) is 25.6 Å². The number of benzene rings is 1. The Balaban J connectivity index is 1.76. The summed E-state index contributed by atoms with van der Waals surface area (Å²) in [6, 6.07) is 12.1. The van der Waals surface area contributed by atoms with Gasteiger partial charge in [0.1, 0.15) is 30.1 Å². The van der Waals surface area contributed by atoms with Crippen LogP contribution in [0.4, 0.5) is 11.4 Å². The number of nitrogens with zero attached hydrogens (tertiary/aromatic N) is 3. The number of quaternary nitrogens is 1. The molecule has 0 N–H and O–H groups in total. The number of pyridine rings is 1. The minimum Gasteiger partial charge on any atom is -0.546 e. The predicted octanol–water partition coefficient (Wildman–Crippen LogP) is 3.01. The van der Waals surface area contributed by atoms with Gasteiger partial charge in [-0.25, -0.2) is 0 Å². The monoisotopic (exact) mass is 411 g/mol. The van der Waals surface area contributed by atoms with E-state index in [-0.39, 0.29) is 0 Å². The van der Waals surface area contributed by atoms with E-state index >= 15 is 0 Å². The summed E-state index contributed by atoms with van der Waals surface area (Å²) in [6.07, 6.45) is 5.53. The molecular formula is C24H33N3O3. The van der Waals surface area contributed by atoms with Gasteiger partial charge in [-0.15, -0.1) is 0 Å². The fourth-order valence-corrected chi connectivity index (χ4v) is 4.48. The molecule has 0 radical (unpaired) electrons. The maximum Gasteiger partial charge on any atom is 0.148 e. The third-order valence-corrected chi connectivity index (χ3v) is 6.49. The smallest absolute Gasteiger partial charge is 0.148 e. The molecule has 0 amide bonds. The van der Waals surface area contributed by atoms with Crippen molar-refractivity contribution in [1.82, 2.24) is 9.47 Å². The van der Waals surface area contributed by atoms with Crippen LogP contribution < -0.4 is 19.2 Å². The molecule has 6 nitrogen and oxygen atoms in total. The molecule has 2 aromatic rings. The molecule has 2 heterocycles. The quantitative estimate of drug-likeness (QED) is 0.594. The van der Waals surface area contributed by atoms with Crippen LogP contribution >= 0.6 is 0 Å². The molecule has 1 aliphatic heterocycles. The van der Waals surface area contributed by atoms with Crippen LogP contribution in [0.3, 0.4) is 0 Å². The van der Waals surface area contributed by atoms with Crippen molar-refractivity contribution in [3.63, 3.8) is 0 Å². The third-order valence-electron chi connectivity index (χ3n) is 6.49. The highest BCUT2D eigenvalue weighted by atomic mass is 16.5. The van der Waals surface area contributed by atoms with Crippen molar-refractivity contribution >= 4 is 17.3 Å². The summed E-state index contributed by atoms with van der Waals surface area (Å²) in [5.74, 6) is -0.574. The summed E-state index contributed by atoms with van der Waals surface area (Å²) in [7, 11) is 0. The van der Waals surface area contributed by atoms with Gasteiger partial charge in [-0.3, -0.25) is 9.47 Å². The summed E-state index contributed by atoms with van der Waals surface area (Å²) in [5, 5.41) is 11.6.